The molecule has 1 heterocycles. The number of carboxylic acid groups (broad SMARTS) is 1. The molecule has 0 aromatic carbocycles. The average molecular weight is 172 g/mol. The molecule has 0 aliphatic rings. The van der Waals surface area contributed by atoms with E-state index in [4.69, 9.17) is 9.52 Å². The molecule has 0 aliphatic heterocycles. The number of carbonyl (C=O) groups is 1. The van der Waals surface area contributed by atoms with Crippen LogP contribution in [0.1, 0.15) is 11.7 Å². The third kappa shape index (κ3) is 1.77. The zero-order valence-corrected chi connectivity index (χ0v) is 6.62. The van der Waals surface area contributed by atoms with Crippen molar-refractivity contribution in [3.8, 4) is 0 Å². The molecule has 0 aliphatic carbocycles. The minimum Gasteiger partial charge on any atom is -0.481 e. The van der Waals surface area contributed by atoms with E-state index in [1.165, 1.54) is 6.26 Å². The van der Waals surface area contributed by atoms with Crippen molar-refractivity contribution in [2.45, 2.75) is 5.92 Å². The molecule has 0 saturated heterocycles. The molecule has 1 atom stereocenters. The van der Waals surface area contributed by atoms with Gasteiger partial charge in [-0.25, -0.2) is 0 Å². The fraction of sp³-hybridized carbons (Fsp3) is 0.286. The number of furan rings is 1. The van der Waals surface area contributed by atoms with E-state index < -0.39 is 11.9 Å². The normalized spacial score (nSPS) is 12.8. The van der Waals surface area contributed by atoms with Crippen molar-refractivity contribution >= 4 is 18.6 Å². The molecule has 1 N–H and O–H groups in total. The van der Waals surface area contributed by atoms with Crippen molar-refractivity contribution in [3.05, 3.63) is 24.2 Å². The first-order chi connectivity index (χ1) is 5.25. The lowest BCUT2D eigenvalue weighted by Gasteiger charge is -2.03. The van der Waals surface area contributed by atoms with Crippen LogP contribution in [0, 0.1) is 0 Å². The SMILES string of the molecule is O=C(O)C(CS)c1ccco1. The predicted molar refractivity (Wildman–Crippen MR) is 42.9 cm³/mol. The smallest absolute Gasteiger partial charge is 0.315 e. The standard InChI is InChI=1S/C7H8O3S/c8-7(9)5(4-11)6-2-1-3-10-6/h1-3,5,11H,4H2,(H,8,9). The molecule has 1 aromatic rings. The Labute approximate surface area is 69.4 Å². The van der Waals surface area contributed by atoms with E-state index in [0.717, 1.165) is 0 Å². The van der Waals surface area contributed by atoms with Gasteiger partial charge in [0.05, 0.1) is 6.26 Å². The molecule has 11 heavy (non-hydrogen) atoms. The molecule has 60 valence electrons. The van der Waals surface area contributed by atoms with Gasteiger partial charge in [-0.05, 0) is 12.1 Å². The molecular weight excluding hydrogens is 164 g/mol. The summed E-state index contributed by atoms with van der Waals surface area (Å²) in [6.45, 7) is 0. The zero-order chi connectivity index (χ0) is 8.27. The lowest BCUT2D eigenvalue weighted by molar-refractivity contribution is -0.138. The number of rotatable bonds is 3. The topological polar surface area (TPSA) is 50.4 Å². The fourth-order valence-electron chi connectivity index (χ4n) is 0.779. The first kappa shape index (κ1) is 8.20. The Morgan fingerprint density at radius 2 is 2.55 bits per heavy atom. The van der Waals surface area contributed by atoms with Crippen molar-refractivity contribution < 1.29 is 14.3 Å². The van der Waals surface area contributed by atoms with Crippen LogP contribution < -0.4 is 0 Å². The van der Waals surface area contributed by atoms with E-state index in [-0.39, 0.29) is 5.75 Å². The van der Waals surface area contributed by atoms with Crippen LogP contribution in [0.2, 0.25) is 0 Å². The number of carboxylic acids is 1. The molecule has 1 unspecified atom stereocenters. The maximum absolute atomic E-state index is 10.5. The summed E-state index contributed by atoms with van der Waals surface area (Å²) in [4.78, 5) is 10.5. The molecule has 0 spiro atoms. The Morgan fingerprint density at radius 1 is 1.82 bits per heavy atom. The van der Waals surface area contributed by atoms with E-state index in [1.807, 2.05) is 0 Å². The van der Waals surface area contributed by atoms with Crippen molar-refractivity contribution in [3.63, 3.8) is 0 Å². The van der Waals surface area contributed by atoms with E-state index in [1.54, 1.807) is 12.1 Å². The summed E-state index contributed by atoms with van der Waals surface area (Å²) in [5.74, 6) is -0.834. The first-order valence-electron chi connectivity index (χ1n) is 3.12. The number of hydrogen-bond donors (Lipinski definition) is 2. The molecule has 0 radical (unpaired) electrons. The minimum absolute atomic E-state index is 0.253. The highest BCUT2D eigenvalue weighted by molar-refractivity contribution is 7.80. The predicted octanol–water partition coefficient (Wildman–Crippen LogP) is 1.38. The van der Waals surface area contributed by atoms with Crippen LogP contribution >= 0.6 is 12.6 Å². The zero-order valence-electron chi connectivity index (χ0n) is 5.73. The summed E-state index contributed by atoms with van der Waals surface area (Å²) in [5.41, 5.74) is 0. The first-order valence-corrected chi connectivity index (χ1v) is 3.76. The average Bonchev–Trinajstić information content (AvgIpc) is 2.40. The van der Waals surface area contributed by atoms with Crippen molar-refractivity contribution in [2.24, 2.45) is 0 Å². The molecule has 0 saturated carbocycles. The third-order valence-corrected chi connectivity index (χ3v) is 1.73. The summed E-state index contributed by atoms with van der Waals surface area (Å²) in [5, 5.41) is 8.64. The fourth-order valence-corrected chi connectivity index (χ4v) is 1.12. The Kier molecular flexibility index (Phi) is 2.59. The molecule has 1 aromatic heterocycles. The van der Waals surface area contributed by atoms with Crippen LogP contribution in [0.4, 0.5) is 0 Å². The van der Waals surface area contributed by atoms with Gasteiger partial charge in [0.1, 0.15) is 11.7 Å². The third-order valence-electron chi connectivity index (χ3n) is 1.37. The molecule has 0 amide bonds. The van der Waals surface area contributed by atoms with Gasteiger partial charge in [0.2, 0.25) is 0 Å². The summed E-state index contributed by atoms with van der Waals surface area (Å²) < 4.78 is 4.92. The van der Waals surface area contributed by atoms with Gasteiger partial charge in [0, 0.05) is 5.75 Å². The van der Waals surface area contributed by atoms with Gasteiger partial charge in [0.25, 0.3) is 0 Å². The monoisotopic (exact) mass is 172 g/mol. The van der Waals surface area contributed by atoms with Crippen LogP contribution in [-0.4, -0.2) is 16.8 Å². The van der Waals surface area contributed by atoms with Crippen LogP contribution in [0.15, 0.2) is 22.8 Å². The Balaban J connectivity index is 2.79. The van der Waals surface area contributed by atoms with Crippen LogP contribution in [0.25, 0.3) is 0 Å². The van der Waals surface area contributed by atoms with Crippen molar-refractivity contribution in [2.75, 3.05) is 5.75 Å². The molecule has 4 heteroatoms. The maximum atomic E-state index is 10.5. The van der Waals surface area contributed by atoms with Gasteiger partial charge < -0.3 is 9.52 Å². The molecule has 0 fully saturated rings. The quantitative estimate of drug-likeness (QED) is 0.677. The second-order valence-electron chi connectivity index (χ2n) is 2.09. The molecule has 3 nitrogen and oxygen atoms in total. The van der Waals surface area contributed by atoms with E-state index in [2.05, 4.69) is 12.6 Å². The molecule has 0 bridgehead atoms. The summed E-state index contributed by atoms with van der Waals surface area (Å²) in [7, 11) is 0. The highest BCUT2D eigenvalue weighted by atomic mass is 32.1. The minimum atomic E-state index is -0.907. The van der Waals surface area contributed by atoms with Gasteiger partial charge in [-0.2, -0.15) is 12.6 Å². The van der Waals surface area contributed by atoms with E-state index in [0.29, 0.717) is 5.76 Å². The Bertz CT molecular complexity index is 230. The highest BCUT2D eigenvalue weighted by Gasteiger charge is 2.20. The van der Waals surface area contributed by atoms with Crippen LogP contribution in [0.5, 0.6) is 0 Å². The van der Waals surface area contributed by atoms with Crippen molar-refractivity contribution in [1.82, 2.24) is 0 Å². The lowest BCUT2D eigenvalue weighted by Crippen LogP contribution is -2.11. The maximum Gasteiger partial charge on any atom is 0.315 e. The molecule has 1 rings (SSSR count). The number of hydrogen-bond acceptors (Lipinski definition) is 3. The Morgan fingerprint density at radius 3 is 2.91 bits per heavy atom. The summed E-state index contributed by atoms with van der Waals surface area (Å²) in [6, 6.07) is 3.30. The van der Waals surface area contributed by atoms with Gasteiger partial charge in [-0.1, -0.05) is 0 Å². The van der Waals surface area contributed by atoms with Gasteiger partial charge >= 0.3 is 5.97 Å². The van der Waals surface area contributed by atoms with E-state index in [9.17, 15) is 4.79 Å². The van der Waals surface area contributed by atoms with Crippen LogP contribution in [0.3, 0.4) is 0 Å². The van der Waals surface area contributed by atoms with E-state index >= 15 is 0 Å². The number of thiol groups is 1. The highest BCUT2D eigenvalue weighted by Crippen LogP contribution is 2.17. The van der Waals surface area contributed by atoms with Gasteiger partial charge in [-0.3, -0.25) is 4.79 Å². The van der Waals surface area contributed by atoms with Crippen LogP contribution in [-0.2, 0) is 4.79 Å². The largest absolute Gasteiger partial charge is 0.481 e. The molecular formula is C7H8O3S. The second kappa shape index (κ2) is 3.48. The van der Waals surface area contributed by atoms with Gasteiger partial charge in [0.15, 0.2) is 0 Å². The van der Waals surface area contributed by atoms with Crippen molar-refractivity contribution in [1.29, 1.82) is 0 Å². The lowest BCUT2D eigenvalue weighted by atomic mass is 10.1. The second-order valence-corrected chi connectivity index (χ2v) is 2.45. The number of aliphatic carboxylic acids is 1. The Hall–Kier alpha value is -0.900. The summed E-state index contributed by atoms with van der Waals surface area (Å²) >= 11 is 3.90. The summed E-state index contributed by atoms with van der Waals surface area (Å²) in [6.07, 6.45) is 1.45. The van der Waals surface area contributed by atoms with Gasteiger partial charge in [-0.15, -0.1) is 0 Å².